The largest absolute Gasteiger partial charge is 0.326 e. The van der Waals surface area contributed by atoms with E-state index in [0.717, 1.165) is 47.0 Å². The molecule has 0 unspecified atom stereocenters. The van der Waals surface area contributed by atoms with Crippen LogP contribution in [0.3, 0.4) is 0 Å². The molecule has 2 aromatic carbocycles. The van der Waals surface area contributed by atoms with Gasteiger partial charge in [0, 0.05) is 23.5 Å². The second kappa shape index (κ2) is 8.80. The van der Waals surface area contributed by atoms with E-state index in [1.54, 1.807) is 16.8 Å². The van der Waals surface area contributed by atoms with Crippen LogP contribution < -0.4 is 10.6 Å². The molecule has 0 spiro atoms. The first kappa shape index (κ1) is 19.8. The average molecular weight is 380 g/mol. The van der Waals surface area contributed by atoms with Crippen LogP contribution in [0.5, 0.6) is 0 Å². The van der Waals surface area contributed by atoms with E-state index in [0.29, 0.717) is 0 Å². The summed E-state index contributed by atoms with van der Waals surface area (Å²) in [5.41, 5.74) is 5.21. The van der Waals surface area contributed by atoms with Crippen molar-refractivity contribution in [3.63, 3.8) is 0 Å². The highest BCUT2D eigenvalue weighted by atomic mass is 19.1. The quantitative estimate of drug-likeness (QED) is 0.653. The molecule has 0 aliphatic carbocycles. The maximum absolute atomic E-state index is 13.2. The fourth-order valence-electron chi connectivity index (χ4n) is 3.16. The van der Waals surface area contributed by atoms with Gasteiger partial charge in [0.1, 0.15) is 5.82 Å². The topological polar surface area (TPSA) is 58.9 Å². The number of halogens is 1. The number of aryl methyl sites for hydroxylation is 1. The number of hydrogen-bond acceptors (Lipinski definition) is 3. The fraction of sp³-hybridized carbons (Fsp3) is 0.273. The number of benzene rings is 2. The van der Waals surface area contributed by atoms with Crippen molar-refractivity contribution in [3.8, 4) is 5.69 Å². The number of anilines is 1. The molecule has 6 heteroatoms. The molecule has 1 amide bonds. The Kier molecular flexibility index (Phi) is 6.21. The highest BCUT2D eigenvalue weighted by Crippen LogP contribution is 2.20. The van der Waals surface area contributed by atoms with Gasteiger partial charge < -0.3 is 10.6 Å². The third-order valence-corrected chi connectivity index (χ3v) is 4.64. The molecule has 1 aromatic heterocycles. The molecule has 0 aliphatic heterocycles. The Morgan fingerprint density at radius 2 is 1.89 bits per heavy atom. The average Bonchev–Trinajstić information content (AvgIpc) is 2.95. The standard InChI is InChI=1S/C22H25FN4O/c1-4-24-14-17-6-5-7-19(12-17)25-22(28)13-21-15(2)26-27(16(21)3)20-10-8-18(23)9-11-20/h5-12,24H,4,13-14H2,1-3H3,(H,25,28). The molecule has 3 aromatic rings. The number of rotatable bonds is 7. The van der Waals surface area contributed by atoms with E-state index in [-0.39, 0.29) is 18.1 Å². The Labute approximate surface area is 164 Å². The van der Waals surface area contributed by atoms with Gasteiger partial charge in [0.05, 0.1) is 17.8 Å². The summed E-state index contributed by atoms with van der Waals surface area (Å²) in [6.45, 7) is 7.52. The third kappa shape index (κ3) is 4.64. The summed E-state index contributed by atoms with van der Waals surface area (Å²) in [5.74, 6) is -0.383. The molecule has 0 saturated carbocycles. The van der Waals surface area contributed by atoms with Crippen LogP contribution in [-0.2, 0) is 17.8 Å². The molecule has 0 fully saturated rings. The van der Waals surface area contributed by atoms with Crippen LogP contribution in [0.15, 0.2) is 48.5 Å². The molecular formula is C22H25FN4O. The van der Waals surface area contributed by atoms with Crippen molar-refractivity contribution < 1.29 is 9.18 Å². The number of nitrogens with zero attached hydrogens (tertiary/aromatic N) is 2. The molecule has 2 N–H and O–H groups in total. The van der Waals surface area contributed by atoms with Crippen molar-refractivity contribution in [3.05, 3.63) is 76.9 Å². The number of carbonyl (C=O) groups excluding carboxylic acids is 1. The second-order valence-corrected chi connectivity index (χ2v) is 6.74. The second-order valence-electron chi connectivity index (χ2n) is 6.74. The SMILES string of the molecule is CCNCc1cccc(NC(=O)Cc2c(C)nn(-c3ccc(F)cc3)c2C)c1. The van der Waals surface area contributed by atoms with Crippen LogP contribution in [0.25, 0.3) is 5.69 Å². The smallest absolute Gasteiger partial charge is 0.228 e. The molecule has 0 saturated heterocycles. The molecule has 0 aliphatic rings. The van der Waals surface area contributed by atoms with E-state index >= 15 is 0 Å². The van der Waals surface area contributed by atoms with Crippen molar-refractivity contribution in [2.24, 2.45) is 0 Å². The Hall–Kier alpha value is -2.99. The molecule has 0 bridgehead atoms. The molecule has 5 nitrogen and oxygen atoms in total. The lowest BCUT2D eigenvalue weighted by atomic mass is 10.1. The summed E-state index contributed by atoms with van der Waals surface area (Å²) in [6, 6.07) is 14.0. The van der Waals surface area contributed by atoms with Crippen LogP contribution in [0, 0.1) is 19.7 Å². The lowest BCUT2D eigenvalue weighted by Gasteiger charge is -2.09. The highest BCUT2D eigenvalue weighted by molar-refractivity contribution is 5.92. The minimum Gasteiger partial charge on any atom is -0.326 e. The number of amides is 1. The summed E-state index contributed by atoms with van der Waals surface area (Å²) in [4.78, 5) is 12.6. The monoisotopic (exact) mass is 380 g/mol. The van der Waals surface area contributed by atoms with Crippen molar-refractivity contribution in [1.82, 2.24) is 15.1 Å². The van der Waals surface area contributed by atoms with Gasteiger partial charge in [-0.1, -0.05) is 19.1 Å². The molecule has 28 heavy (non-hydrogen) atoms. The van der Waals surface area contributed by atoms with Crippen LogP contribution >= 0.6 is 0 Å². The first-order valence-corrected chi connectivity index (χ1v) is 9.38. The van der Waals surface area contributed by atoms with Crippen LogP contribution in [0.4, 0.5) is 10.1 Å². The zero-order valence-corrected chi connectivity index (χ0v) is 16.4. The van der Waals surface area contributed by atoms with Gasteiger partial charge in [0.15, 0.2) is 0 Å². The fourth-order valence-corrected chi connectivity index (χ4v) is 3.16. The predicted molar refractivity (Wildman–Crippen MR) is 109 cm³/mol. The van der Waals surface area contributed by atoms with E-state index in [1.807, 2.05) is 38.1 Å². The molecule has 0 radical (unpaired) electrons. The maximum Gasteiger partial charge on any atom is 0.228 e. The number of hydrogen-bond donors (Lipinski definition) is 2. The minimum absolute atomic E-state index is 0.0922. The van der Waals surface area contributed by atoms with Crippen molar-refractivity contribution in [2.45, 2.75) is 33.7 Å². The predicted octanol–water partition coefficient (Wildman–Crippen LogP) is 3.92. The Bertz CT molecular complexity index is 963. The zero-order valence-electron chi connectivity index (χ0n) is 16.4. The van der Waals surface area contributed by atoms with Crippen molar-refractivity contribution in [1.29, 1.82) is 0 Å². The lowest BCUT2D eigenvalue weighted by molar-refractivity contribution is -0.115. The summed E-state index contributed by atoms with van der Waals surface area (Å²) in [5, 5.41) is 10.8. The Morgan fingerprint density at radius 3 is 2.61 bits per heavy atom. The van der Waals surface area contributed by atoms with E-state index in [2.05, 4.69) is 22.7 Å². The van der Waals surface area contributed by atoms with Gasteiger partial charge in [0.25, 0.3) is 0 Å². The van der Waals surface area contributed by atoms with Gasteiger partial charge in [-0.2, -0.15) is 5.10 Å². The van der Waals surface area contributed by atoms with Gasteiger partial charge >= 0.3 is 0 Å². The van der Waals surface area contributed by atoms with E-state index in [1.165, 1.54) is 12.1 Å². The Morgan fingerprint density at radius 1 is 1.14 bits per heavy atom. The lowest BCUT2D eigenvalue weighted by Crippen LogP contribution is -2.16. The summed E-state index contributed by atoms with van der Waals surface area (Å²) >= 11 is 0. The van der Waals surface area contributed by atoms with E-state index < -0.39 is 0 Å². The molecule has 1 heterocycles. The third-order valence-electron chi connectivity index (χ3n) is 4.64. The zero-order chi connectivity index (χ0) is 20.1. The number of nitrogens with one attached hydrogen (secondary N) is 2. The number of carbonyl (C=O) groups is 1. The molecule has 0 atom stereocenters. The van der Waals surface area contributed by atoms with Gasteiger partial charge in [-0.3, -0.25) is 4.79 Å². The van der Waals surface area contributed by atoms with E-state index in [4.69, 9.17) is 0 Å². The molecule has 3 rings (SSSR count). The summed E-state index contributed by atoms with van der Waals surface area (Å²) in [6.07, 6.45) is 0.232. The first-order valence-electron chi connectivity index (χ1n) is 9.38. The molecule has 146 valence electrons. The summed E-state index contributed by atoms with van der Waals surface area (Å²) < 4.78 is 14.9. The highest BCUT2D eigenvalue weighted by Gasteiger charge is 2.16. The normalized spacial score (nSPS) is 10.9. The molecular weight excluding hydrogens is 355 g/mol. The van der Waals surface area contributed by atoms with Crippen LogP contribution in [0.2, 0.25) is 0 Å². The van der Waals surface area contributed by atoms with Gasteiger partial charge in [0.2, 0.25) is 5.91 Å². The summed E-state index contributed by atoms with van der Waals surface area (Å²) in [7, 11) is 0. The minimum atomic E-state index is -0.291. The van der Waals surface area contributed by atoms with Crippen molar-refractivity contribution in [2.75, 3.05) is 11.9 Å². The van der Waals surface area contributed by atoms with Gasteiger partial charge in [-0.15, -0.1) is 0 Å². The first-order chi connectivity index (χ1) is 13.5. The van der Waals surface area contributed by atoms with Gasteiger partial charge in [-0.05, 0) is 62.4 Å². The maximum atomic E-state index is 13.2. The number of aromatic nitrogens is 2. The van der Waals surface area contributed by atoms with E-state index in [9.17, 15) is 9.18 Å². The Balaban J connectivity index is 1.73. The van der Waals surface area contributed by atoms with Crippen LogP contribution in [0.1, 0.15) is 29.4 Å². The van der Waals surface area contributed by atoms with Crippen molar-refractivity contribution >= 4 is 11.6 Å². The van der Waals surface area contributed by atoms with Crippen LogP contribution in [-0.4, -0.2) is 22.2 Å². The van der Waals surface area contributed by atoms with Gasteiger partial charge in [-0.25, -0.2) is 9.07 Å².